The first-order chi connectivity index (χ1) is 6.49. The zero-order valence-electron chi connectivity index (χ0n) is 8.21. The van der Waals surface area contributed by atoms with Gasteiger partial charge in [0.15, 0.2) is 0 Å². The number of phenols is 1. The molecule has 0 fully saturated rings. The van der Waals surface area contributed by atoms with Gasteiger partial charge in [-0.05, 0) is 31.0 Å². The summed E-state index contributed by atoms with van der Waals surface area (Å²) in [7, 11) is 0. The molecule has 1 aromatic carbocycles. The van der Waals surface area contributed by atoms with E-state index in [1.807, 2.05) is 0 Å². The van der Waals surface area contributed by atoms with E-state index < -0.39 is 6.04 Å². The monoisotopic (exact) mass is 215 g/mol. The maximum Gasteiger partial charge on any atom is 0.123 e. The number of phenolic OH excluding ortho intramolecular Hbond substituents is 1. The molecule has 0 aliphatic carbocycles. The van der Waals surface area contributed by atoms with Crippen LogP contribution in [0.15, 0.2) is 6.07 Å². The van der Waals surface area contributed by atoms with E-state index in [1.54, 1.807) is 19.9 Å². The molecule has 0 saturated carbocycles. The molecule has 0 unspecified atom stereocenters. The Morgan fingerprint density at radius 1 is 1.50 bits per heavy atom. The maximum absolute atomic E-state index is 9.75. The summed E-state index contributed by atoms with van der Waals surface area (Å²) in [6.45, 7) is 3.30. The van der Waals surface area contributed by atoms with Gasteiger partial charge in [-0.25, -0.2) is 0 Å². The van der Waals surface area contributed by atoms with Crippen LogP contribution in [0.25, 0.3) is 0 Å². The molecule has 14 heavy (non-hydrogen) atoms. The number of hydrogen-bond acceptors (Lipinski definition) is 3. The van der Waals surface area contributed by atoms with Gasteiger partial charge in [0.25, 0.3) is 0 Å². The predicted molar refractivity (Wildman–Crippen MR) is 56.6 cm³/mol. The second-order valence-corrected chi connectivity index (χ2v) is 3.76. The summed E-state index contributed by atoms with van der Waals surface area (Å²) in [4.78, 5) is 0. The van der Waals surface area contributed by atoms with E-state index in [2.05, 4.69) is 0 Å². The second kappa shape index (κ2) is 4.17. The summed E-state index contributed by atoms with van der Waals surface area (Å²) in [5.74, 6) is 0.119. The molecular formula is C10H14ClNO2. The van der Waals surface area contributed by atoms with Crippen LogP contribution in [-0.2, 0) is 0 Å². The first-order valence-electron chi connectivity index (χ1n) is 4.34. The quantitative estimate of drug-likeness (QED) is 0.703. The molecule has 0 amide bonds. The number of halogens is 1. The Hall–Kier alpha value is -0.770. The minimum Gasteiger partial charge on any atom is -0.507 e. The number of hydrogen-bond donors (Lipinski definition) is 3. The Bertz CT molecular complexity index is 326. The molecule has 3 nitrogen and oxygen atoms in total. The number of nitrogens with two attached hydrogens (primary N) is 1. The lowest BCUT2D eigenvalue weighted by atomic mass is 9.98. The van der Waals surface area contributed by atoms with E-state index in [-0.39, 0.29) is 12.4 Å². The smallest absolute Gasteiger partial charge is 0.123 e. The zero-order valence-corrected chi connectivity index (χ0v) is 8.97. The molecule has 78 valence electrons. The summed E-state index contributed by atoms with van der Waals surface area (Å²) >= 11 is 5.94. The van der Waals surface area contributed by atoms with Gasteiger partial charge in [0.05, 0.1) is 12.6 Å². The van der Waals surface area contributed by atoms with Crippen molar-refractivity contribution in [1.29, 1.82) is 0 Å². The Balaban J connectivity index is 3.39. The zero-order chi connectivity index (χ0) is 10.9. The summed E-state index contributed by atoms with van der Waals surface area (Å²) in [5, 5.41) is 19.2. The second-order valence-electron chi connectivity index (χ2n) is 3.35. The number of aliphatic hydroxyl groups excluding tert-OH is 1. The molecule has 0 aromatic heterocycles. The van der Waals surface area contributed by atoms with Gasteiger partial charge in [-0.2, -0.15) is 0 Å². The van der Waals surface area contributed by atoms with Gasteiger partial charge in [0, 0.05) is 10.6 Å². The largest absolute Gasteiger partial charge is 0.507 e. The van der Waals surface area contributed by atoms with Crippen molar-refractivity contribution in [3.05, 3.63) is 27.8 Å². The Labute approximate surface area is 88.1 Å². The van der Waals surface area contributed by atoms with Crippen molar-refractivity contribution in [2.75, 3.05) is 6.61 Å². The highest BCUT2D eigenvalue weighted by Gasteiger charge is 2.17. The van der Waals surface area contributed by atoms with Gasteiger partial charge in [-0.1, -0.05) is 11.6 Å². The van der Waals surface area contributed by atoms with E-state index in [4.69, 9.17) is 22.4 Å². The first-order valence-corrected chi connectivity index (χ1v) is 4.71. The molecule has 4 heteroatoms. The highest BCUT2D eigenvalue weighted by molar-refractivity contribution is 6.31. The number of aliphatic hydroxyl groups is 1. The average molecular weight is 216 g/mol. The third-order valence-electron chi connectivity index (χ3n) is 2.30. The Kier molecular flexibility index (Phi) is 3.37. The molecule has 1 atom stereocenters. The number of aryl methyl sites for hydroxylation is 1. The molecular weight excluding hydrogens is 202 g/mol. The van der Waals surface area contributed by atoms with E-state index in [0.717, 1.165) is 5.56 Å². The van der Waals surface area contributed by atoms with Crippen LogP contribution in [0.1, 0.15) is 22.7 Å². The van der Waals surface area contributed by atoms with Crippen LogP contribution < -0.4 is 5.73 Å². The highest BCUT2D eigenvalue weighted by Crippen LogP contribution is 2.34. The Morgan fingerprint density at radius 3 is 2.57 bits per heavy atom. The number of rotatable bonds is 2. The van der Waals surface area contributed by atoms with Gasteiger partial charge < -0.3 is 15.9 Å². The van der Waals surface area contributed by atoms with Crippen LogP contribution in [0, 0.1) is 13.8 Å². The standard InChI is InChI=1S/C10H14ClNO2/c1-5-3-7(11)6(2)9(10(5)14)8(12)4-13/h3,8,13-14H,4,12H2,1-2H3/t8-/m0/s1. The molecule has 4 N–H and O–H groups in total. The van der Waals surface area contributed by atoms with Crippen LogP contribution >= 0.6 is 11.6 Å². The lowest BCUT2D eigenvalue weighted by Gasteiger charge is -2.16. The minimum absolute atomic E-state index is 0.119. The fourth-order valence-electron chi connectivity index (χ4n) is 1.43. The summed E-state index contributed by atoms with van der Waals surface area (Å²) in [6, 6.07) is 1.09. The summed E-state index contributed by atoms with van der Waals surface area (Å²) in [6.07, 6.45) is 0. The van der Waals surface area contributed by atoms with Gasteiger partial charge in [-0.3, -0.25) is 0 Å². The molecule has 0 heterocycles. The predicted octanol–water partition coefficient (Wildman–Crippen LogP) is 1.65. The molecule has 0 aliphatic heterocycles. The van der Waals surface area contributed by atoms with Crippen molar-refractivity contribution in [2.24, 2.45) is 5.73 Å². The molecule has 1 rings (SSSR count). The van der Waals surface area contributed by atoms with Gasteiger partial charge in [0.1, 0.15) is 5.75 Å². The van der Waals surface area contributed by atoms with Crippen LogP contribution in [0.5, 0.6) is 5.75 Å². The third-order valence-corrected chi connectivity index (χ3v) is 2.69. The van der Waals surface area contributed by atoms with E-state index >= 15 is 0 Å². The van der Waals surface area contributed by atoms with Gasteiger partial charge in [-0.15, -0.1) is 0 Å². The summed E-state index contributed by atoms with van der Waals surface area (Å²) < 4.78 is 0. The fraction of sp³-hybridized carbons (Fsp3) is 0.400. The van der Waals surface area contributed by atoms with Crippen molar-refractivity contribution in [3.63, 3.8) is 0 Å². The minimum atomic E-state index is -0.590. The molecule has 0 aliphatic rings. The van der Waals surface area contributed by atoms with Crippen LogP contribution in [-0.4, -0.2) is 16.8 Å². The first kappa shape index (κ1) is 11.3. The van der Waals surface area contributed by atoms with Crippen molar-refractivity contribution in [1.82, 2.24) is 0 Å². The van der Waals surface area contributed by atoms with Crippen molar-refractivity contribution < 1.29 is 10.2 Å². The van der Waals surface area contributed by atoms with Crippen molar-refractivity contribution in [3.8, 4) is 5.75 Å². The number of aromatic hydroxyl groups is 1. The SMILES string of the molecule is Cc1cc(Cl)c(C)c([C@@H](N)CO)c1O. The van der Waals surface area contributed by atoms with Crippen LogP contribution in [0.4, 0.5) is 0 Å². The topological polar surface area (TPSA) is 66.5 Å². The lowest BCUT2D eigenvalue weighted by Crippen LogP contribution is -2.16. The van der Waals surface area contributed by atoms with E-state index in [1.165, 1.54) is 0 Å². The lowest BCUT2D eigenvalue weighted by molar-refractivity contribution is 0.264. The molecule has 0 spiro atoms. The van der Waals surface area contributed by atoms with Gasteiger partial charge >= 0.3 is 0 Å². The molecule has 0 radical (unpaired) electrons. The van der Waals surface area contributed by atoms with E-state index in [9.17, 15) is 5.11 Å². The molecule has 0 bridgehead atoms. The van der Waals surface area contributed by atoms with Gasteiger partial charge in [0.2, 0.25) is 0 Å². The number of benzene rings is 1. The van der Waals surface area contributed by atoms with Crippen molar-refractivity contribution in [2.45, 2.75) is 19.9 Å². The van der Waals surface area contributed by atoms with Crippen LogP contribution in [0.2, 0.25) is 5.02 Å². The summed E-state index contributed by atoms with van der Waals surface area (Å²) in [5.41, 5.74) is 7.58. The maximum atomic E-state index is 9.75. The Morgan fingerprint density at radius 2 is 2.07 bits per heavy atom. The van der Waals surface area contributed by atoms with Crippen LogP contribution in [0.3, 0.4) is 0 Å². The molecule has 0 saturated heterocycles. The average Bonchev–Trinajstić information content (AvgIpc) is 2.15. The van der Waals surface area contributed by atoms with E-state index in [0.29, 0.717) is 16.1 Å². The third kappa shape index (κ3) is 1.85. The van der Waals surface area contributed by atoms with Crippen molar-refractivity contribution >= 4 is 11.6 Å². The highest BCUT2D eigenvalue weighted by atomic mass is 35.5. The normalized spacial score (nSPS) is 12.9. The molecule has 1 aromatic rings. The fourth-order valence-corrected chi connectivity index (χ4v) is 1.70.